The van der Waals surface area contributed by atoms with Gasteiger partial charge in [-0.25, -0.2) is 17.5 Å². The Bertz CT molecular complexity index is 845. The molecule has 2 heterocycles. The van der Waals surface area contributed by atoms with E-state index in [0.717, 1.165) is 0 Å². The largest absolute Gasteiger partial charge is 0.347 e. The smallest absolute Gasteiger partial charge is 0.274 e. The Morgan fingerprint density at radius 2 is 2.04 bits per heavy atom. The van der Waals surface area contributed by atoms with Crippen LogP contribution in [0.4, 0.5) is 4.39 Å². The number of nitrogens with zero attached hydrogens (tertiary/aromatic N) is 3. The monoisotopic (exact) mass is 338 g/mol. The van der Waals surface area contributed by atoms with Crippen molar-refractivity contribution in [1.29, 1.82) is 0 Å². The van der Waals surface area contributed by atoms with Gasteiger partial charge in [-0.2, -0.15) is 0 Å². The number of aromatic nitrogens is 3. The van der Waals surface area contributed by atoms with Gasteiger partial charge in [-0.3, -0.25) is 4.79 Å². The van der Waals surface area contributed by atoms with Crippen LogP contribution in [0.5, 0.6) is 0 Å². The third-order valence-electron chi connectivity index (χ3n) is 3.75. The van der Waals surface area contributed by atoms with Crippen LogP contribution >= 0.6 is 0 Å². The third-order valence-corrected chi connectivity index (χ3v) is 5.52. The van der Waals surface area contributed by atoms with Crippen LogP contribution in [0.1, 0.15) is 22.6 Å². The molecule has 1 amide bonds. The number of nitrogens with one attached hydrogen (secondary N) is 1. The van der Waals surface area contributed by atoms with Gasteiger partial charge in [0.05, 0.1) is 22.9 Å². The molecule has 0 radical (unpaired) electrons. The fraction of sp³-hybridized carbons (Fsp3) is 0.357. The lowest BCUT2D eigenvalue weighted by Crippen LogP contribution is -2.36. The van der Waals surface area contributed by atoms with Crippen molar-refractivity contribution in [2.45, 2.75) is 19.4 Å². The van der Waals surface area contributed by atoms with Gasteiger partial charge in [-0.15, -0.1) is 5.10 Å². The molecule has 1 aromatic carbocycles. The second kappa shape index (κ2) is 5.73. The molecule has 9 heteroatoms. The molecule has 0 unspecified atom stereocenters. The van der Waals surface area contributed by atoms with Crippen molar-refractivity contribution < 1.29 is 17.6 Å². The fourth-order valence-electron chi connectivity index (χ4n) is 2.53. The number of halogens is 1. The summed E-state index contributed by atoms with van der Waals surface area (Å²) in [5, 5.41) is 10.4. The molecule has 1 aliphatic heterocycles. The van der Waals surface area contributed by atoms with Gasteiger partial charge in [0, 0.05) is 6.04 Å². The van der Waals surface area contributed by atoms with Crippen LogP contribution in [0.3, 0.4) is 0 Å². The first-order valence-corrected chi connectivity index (χ1v) is 8.87. The molecule has 1 saturated heterocycles. The van der Waals surface area contributed by atoms with E-state index in [9.17, 15) is 17.6 Å². The maximum absolute atomic E-state index is 13.0. The molecule has 1 aliphatic rings. The lowest BCUT2D eigenvalue weighted by molar-refractivity contribution is 0.0935. The van der Waals surface area contributed by atoms with Crippen molar-refractivity contribution in [2.75, 3.05) is 11.5 Å². The van der Waals surface area contributed by atoms with Gasteiger partial charge in [0.15, 0.2) is 15.5 Å². The van der Waals surface area contributed by atoms with Gasteiger partial charge in [0.1, 0.15) is 5.82 Å². The molecule has 23 heavy (non-hydrogen) atoms. The summed E-state index contributed by atoms with van der Waals surface area (Å²) in [6, 6.07) is 5.24. The highest BCUT2D eigenvalue weighted by Crippen LogP contribution is 2.15. The minimum absolute atomic E-state index is 0.0517. The standard InChI is InChI=1S/C14H15FN4O3S/c1-9-13(14(20)16-11-6-7-23(21,22)8-11)17-18-19(9)12-4-2-10(15)3-5-12/h2-5,11H,6-8H2,1H3,(H,16,20)/t11-/m0/s1. The van der Waals surface area contributed by atoms with E-state index in [1.807, 2.05) is 0 Å². The molecular weight excluding hydrogens is 323 g/mol. The fourth-order valence-corrected chi connectivity index (χ4v) is 4.20. The summed E-state index contributed by atoms with van der Waals surface area (Å²) in [5.41, 5.74) is 1.20. The first-order valence-electron chi connectivity index (χ1n) is 7.05. The predicted molar refractivity (Wildman–Crippen MR) is 80.6 cm³/mol. The number of hydrogen-bond donors (Lipinski definition) is 1. The second-order valence-corrected chi connectivity index (χ2v) is 7.71. The van der Waals surface area contributed by atoms with Gasteiger partial charge in [-0.05, 0) is 37.6 Å². The van der Waals surface area contributed by atoms with Gasteiger partial charge < -0.3 is 5.32 Å². The van der Waals surface area contributed by atoms with Gasteiger partial charge in [0.25, 0.3) is 5.91 Å². The maximum Gasteiger partial charge on any atom is 0.274 e. The molecule has 0 bridgehead atoms. The van der Waals surface area contributed by atoms with E-state index < -0.39 is 21.8 Å². The highest BCUT2D eigenvalue weighted by Gasteiger charge is 2.30. The van der Waals surface area contributed by atoms with E-state index in [-0.39, 0.29) is 23.0 Å². The van der Waals surface area contributed by atoms with Crippen LogP contribution in [0.25, 0.3) is 5.69 Å². The van der Waals surface area contributed by atoms with Crippen molar-refractivity contribution in [3.05, 3.63) is 41.5 Å². The van der Waals surface area contributed by atoms with Crippen molar-refractivity contribution in [2.24, 2.45) is 0 Å². The van der Waals surface area contributed by atoms with Gasteiger partial charge in [-0.1, -0.05) is 5.21 Å². The zero-order chi connectivity index (χ0) is 16.6. The van der Waals surface area contributed by atoms with E-state index in [4.69, 9.17) is 0 Å². The molecular formula is C14H15FN4O3S. The van der Waals surface area contributed by atoms with Gasteiger partial charge >= 0.3 is 0 Å². The Morgan fingerprint density at radius 1 is 1.35 bits per heavy atom. The Labute approximate surface area is 132 Å². The quantitative estimate of drug-likeness (QED) is 0.886. The Balaban J connectivity index is 1.79. The summed E-state index contributed by atoms with van der Waals surface area (Å²) in [7, 11) is -3.07. The summed E-state index contributed by atoms with van der Waals surface area (Å²) in [6.07, 6.45) is 0.402. The summed E-state index contributed by atoms with van der Waals surface area (Å²) in [6.45, 7) is 1.67. The van der Waals surface area contributed by atoms with Crippen LogP contribution < -0.4 is 5.32 Å². The van der Waals surface area contributed by atoms with Crippen LogP contribution in [0.2, 0.25) is 0 Å². The minimum atomic E-state index is -3.07. The summed E-state index contributed by atoms with van der Waals surface area (Å²) in [5.74, 6) is -0.798. The van der Waals surface area contributed by atoms with Crippen molar-refractivity contribution in [3.8, 4) is 5.69 Å². The van der Waals surface area contributed by atoms with E-state index in [2.05, 4.69) is 15.6 Å². The van der Waals surface area contributed by atoms with Gasteiger partial charge in [0.2, 0.25) is 0 Å². The highest BCUT2D eigenvalue weighted by atomic mass is 32.2. The molecule has 1 aromatic heterocycles. The molecule has 0 saturated carbocycles. The molecule has 3 rings (SSSR count). The van der Waals surface area contributed by atoms with E-state index in [1.165, 1.54) is 28.9 Å². The number of benzene rings is 1. The van der Waals surface area contributed by atoms with Crippen molar-refractivity contribution in [3.63, 3.8) is 0 Å². The van der Waals surface area contributed by atoms with Crippen LogP contribution in [0, 0.1) is 12.7 Å². The van der Waals surface area contributed by atoms with Crippen LogP contribution in [-0.2, 0) is 9.84 Å². The number of carbonyl (C=O) groups excluding carboxylic acids is 1. The SMILES string of the molecule is Cc1c(C(=O)N[C@H]2CCS(=O)(=O)C2)nnn1-c1ccc(F)cc1. The zero-order valence-corrected chi connectivity index (χ0v) is 13.2. The Hall–Kier alpha value is -2.29. The third kappa shape index (κ3) is 3.24. The lowest BCUT2D eigenvalue weighted by atomic mass is 10.2. The van der Waals surface area contributed by atoms with E-state index in [1.54, 1.807) is 6.92 Å². The average Bonchev–Trinajstić information content (AvgIpc) is 3.02. The number of hydrogen-bond acceptors (Lipinski definition) is 5. The Morgan fingerprint density at radius 3 is 2.65 bits per heavy atom. The zero-order valence-electron chi connectivity index (χ0n) is 12.4. The summed E-state index contributed by atoms with van der Waals surface area (Å²) >= 11 is 0. The normalized spacial score (nSPS) is 19.7. The van der Waals surface area contributed by atoms with Crippen LogP contribution in [0.15, 0.2) is 24.3 Å². The number of amides is 1. The first-order chi connectivity index (χ1) is 10.9. The average molecular weight is 338 g/mol. The number of carbonyl (C=O) groups is 1. The maximum atomic E-state index is 13.0. The summed E-state index contributed by atoms with van der Waals surface area (Å²) < 4.78 is 37.3. The van der Waals surface area contributed by atoms with E-state index >= 15 is 0 Å². The molecule has 1 N–H and O–H groups in total. The lowest BCUT2D eigenvalue weighted by Gasteiger charge is -2.09. The number of rotatable bonds is 3. The molecule has 1 atom stereocenters. The number of sulfone groups is 1. The molecule has 7 nitrogen and oxygen atoms in total. The van der Waals surface area contributed by atoms with Crippen molar-refractivity contribution in [1.82, 2.24) is 20.3 Å². The van der Waals surface area contributed by atoms with Crippen molar-refractivity contribution >= 4 is 15.7 Å². The molecule has 0 spiro atoms. The summed E-state index contributed by atoms with van der Waals surface area (Å²) in [4.78, 5) is 12.2. The second-order valence-electron chi connectivity index (χ2n) is 5.49. The van der Waals surface area contributed by atoms with E-state index in [0.29, 0.717) is 17.8 Å². The predicted octanol–water partition coefficient (Wildman–Crippen LogP) is 0.632. The molecule has 0 aliphatic carbocycles. The molecule has 2 aromatic rings. The minimum Gasteiger partial charge on any atom is -0.347 e. The molecule has 122 valence electrons. The first kappa shape index (κ1) is 15.6. The Kier molecular flexibility index (Phi) is 3.88. The van der Waals surface area contributed by atoms with Crippen LogP contribution in [-0.4, -0.2) is 46.9 Å². The molecule has 1 fully saturated rings. The topological polar surface area (TPSA) is 93.9 Å². The highest BCUT2D eigenvalue weighted by molar-refractivity contribution is 7.91.